The number of carbonyl (C=O) groups is 1. The SMILES string of the molecule is Cc1cc(C)n2cc(CNC(=O)c3cc(C)[nH]c(=O)c3)nc2c1. The van der Waals surface area contributed by atoms with Crippen LogP contribution in [0.4, 0.5) is 0 Å². The van der Waals surface area contributed by atoms with Crippen LogP contribution in [0.1, 0.15) is 33.0 Å². The molecule has 0 radical (unpaired) electrons. The fourth-order valence-electron chi connectivity index (χ4n) is 2.65. The van der Waals surface area contributed by atoms with Crippen LogP contribution in [0.3, 0.4) is 0 Å². The summed E-state index contributed by atoms with van der Waals surface area (Å²) in [7, 11) is 0. The fourth-order valence-corrected chi connectivity index (χ4v) is 2.65. The van der Waals surface area contributed by atoms with Crippen LogP contribution in [0.5, 0.6) is 0 Å². The molecule has 0 atom stereocenters. The number of nitrogens with one attached hydrogen (secondary N) is 2. The first-order valence-corrected chi connectivity index (χ1v) is 7.37. The van der Waals surface area contributed by atoms with Crippen LogP contribution in [0.25, 0.3) is 5.65 Å². The Kier molecular flexibility index (Phi) is 3.73. The molecular formula is C17H18N4O2. The second kappa shape index (κ2) is 5.72. The van der Waals surface area contributed by atoms with E-state index in [9.17, 15) is 9.59 Å². The first-order chi connectivity index (χ1) is 10.9. The zero-order chi connectivity index (χ0) is 16.6. The molecule has 1 amide bonds. The summed E-state index contributed by atoms with van der Waals surface area (Å²) in [4.78, 5) is 30.7. The van der Waals surface area contributed by atoms with Crippen molar-refractivity contribution in [2.45, 2.75) is 27.3 Å². The summed E-state index contributed by atoms with van der Waals surface area (Å²) in [5.41, 5.74) is 4.59. The molecule has 3 rings (SSSR count). The van der Waals surface area contributed by atoms with E-state index in [1.807, 2.05) is 30.5 Å². The summed E-state index contributed by atoms with van der Waals surface area (Å²) in [5.74, 6) is -0.288. The van der Waals surface area contributed by atoms with Gasteiger partial charge in [-0.1, -0.05) is 0 Å². The van der Waals surface area contributed by atoms with Gasteiger partial charge in [0.2, 0.25) is 5.56 Å². The van der Waals surface area contributed by atoms with E-state index in [-0.39, 0.29) is 11.5 Å². The smallest absolute Gasteiger partial charge is 0.251 e. The number of aryl methyl sites for hydroxylation is 3. The molecule has 0 spiro atoms. The Bertz CT molecular complexity index is 953. The van der Waals surface area contributed by atoms with Gasteiger partial charge in [0.05, 0.1) is 12.2 Å². The molecule has 2 N–H and O–H groups in total. The third kappa shape index (κ3) is 3.15. The summed E-state index contributed by atoms with van der Waals surface area (Å²) < 4.78 is 1.99. The molecule has 118 valence electrons. The Morgan fingerprint density at radius 1 is 1.22 bits per heavy atom. The predicted molar refractivity (Wildman–Crippen MR) is 87.6 cm³/mol. The zero-order valence-electron chi connectivity index (χ0n) is 13.3. The number of nitrogens with zero attached hydrogens (tertiary/aromatic N) is 2. The van der Waals surface area contributed by atoms with Crippen molar-refractivity contribution in [2.75, 3.05) is 0 Å². The Hall–Kier alpha value is -2.89. The van der Waals surface area contributed by atoms with Crippen molar-refractivity contribution >= 4 is 11.6 Å². The van der Waals surface area contributed by atoms with Gasteiger partial charge in [0.25, 0.3) is 5.91 Å². The molecule has 6 heteroatoms. The maximum Gasteiger partial charge on any atom is 0.251 e. The van der Waals surface area contributed by atoms with Crippen LogP contribution >= 0.6 is 0 Å². The normalized spacial score (nSPS) is 10.9. The van der Waals surface area contributed by atoms with Gasteiger partial charge in [-0.3, -0.25) is 9.59 Å². The Morgan fingerprint density at radius 3 is 2.74 bits per heavy atom. The number of carbonyl (C=O) groups excluding carboxylic acids is 1. The monoisotopic (exact) mass is 310 g/mol. The van der Waals surface area contributed by atoms with Crippen LogP contribution in [0, 0.1) is 20.8 Å². The Labute approximate surface area is 133 Å². The minimum absolute atomic E-state index is 0.283. The van der Waals surface area contributed by atoms with Crippen LogP contribution in [-0.4, -0.2) is 20.3 Å². The van der Waals surface area contributed by atoms with Crippen molar-refractivity contribution in [3.05, 3.63) is 69.0 Å². The second-order valence-corrected chi connectivity index (χ2v) is 5.73. The molecular weight excluding hydrogens is 292 g/mol. The molecule has 0 fully saturated rings. The van der Waals surface area contributed by atoms with E-state index in [1.165, 1.54) is 6.07 Å². The number of hydrogen-bond donors (Lipinski definition) is 2. The molecule has 0 saturated heterocycles. The van der Waals surface area contributed by atoms with Crippen molar-refractivity contribution in [3.8, 4) is 0 Å². The molecule has 0 aliphatic heterocycles. The van der Waals surface area contributed by atoms with Crippen molar-refractivity contribution in [2.24, 2.45) is 0 Å². The highest BCUT2D eigenvalue weighted by molar-refractivity contribution is 5.94. The molecule has 6 nitrogen and oxygen atoms in total. The first-order valence-electron chi connectivity index (χ1n) is 7.37. The van der Waals surface area contributed by atoms with Gasteiger partial charge in [-0.05, 0) is 44.5 Å². The second-order valence-electron chi connectivity index (χ2n) is 5.73. The van der Waals surface area contributed by atoms with Gasteiger partial charge >= 0.3 is 0 Å². The summed E-state index contributed by atoms with van der Waals surface area (Å²) in [6, 6.07) is 7.02. The van der Waals surface area contributed by atoms with E-state index in [2.05, 4.69) is 21.4 Å². The highest BCUT2D eigenvalue weighted by Gasteiger charge is 2.09. The standard InChI is InChI=1S/C17H18N4O2/c1-10-4-12(3)21-9-14(20-15(21)5-10)8-18-17(23)13-6-11(2)19-16(22)7-13/h4-7,9H,8H2,1-3H3,(H,18,23)(H,19,22). The molecule has 23 heavy (non-hydrogen) atoms. The van der Waals surface area contributed by atoms with Crippen molar-refractivity contribution < 1.29 is 4.79 Å². The number of hydrogen-bond acceptors (Lipinski definition) is 3. The van der Waals surface area contributed by atoms with Crippen molar-refractivity contribution in [1.29, 1.82) is 0 Å². The molecule has 0 saturated carbocycles. The third-order valence-electron chi connectivity index (χ3n) is 3.63. The topological polar surface area (TPSA) is 79.3 Å². The quantitative estimate of drug-likeness (QED) is 0.775. The lowest BCUT2D eigenvalue weighted by Crippen LogP contribution is -2.24. The van der Waals surface area contributed by atoms with Crippen LogP contribution in [-0.2, 0) is 6.54 Å². The highest BCUT2D eigenvalue weighted by Crippen LogP contribution is 2.11. The molecule has 3 aromatic heterocycles. The van der Waals surface area contributed by atoms with Gasteiger partial charge in [-0.25, -0.2) is 4.98 Å². The number of imidazole rings is 1. The van der Waals surface area contributed by atoms with Gasteiger partial charge in [-0.2, -0.15) is 0 Å². The first kappa shape index (κ1) is 15.0. The fraction of sp³-hybridized carbons (Fsp3) is 0.235. The lowest BCUT2D eigenvalue weighted by atomic mass is 10.2. The number of amides is 1. The largest absolute Gasteiger partial charge is 0.346 e. The zero-order valence-corrected chi connectivity index (χ0v) is 13.3. The van der Waals surface area contributed by atoms with Gasteiger partial charge in [-0.15, -0.1) is 0 Å². The average Bonchev–Trinajstić information content (AvgIpc) is 2.87. The average molecular weight is 310 g/mol. The summed E-state index contributed by atoms with van der Waals surface area (Å²) in [5, 5.41) is 2.80. The minimum atomic E-state index is -0.288. The van der Waals surface area contributed by atoms with Crippen molar-refractivity contribution in [1.82, 2.24) is 19.7 Å². The Morgan fingerprint density at radius 2 is 2.00 bits per heavy atom. The summed E-state index contributed by atoms with van der Waals surface area (Å²) in [6.45, 7) is 6.09. The van der Waals surface area contributed by atoms with Crippen LogP contribution < -0.4 is 10.9 Å². The predicted octanol–water partition coefficient (Wildman–Crippen LogP) is 1.88. The Balaban J connectivity index is 1.79. The van der Waals surface area contributed by atoms with Gasteiger partial charge < -0.3 is 14.7 Å². The maximum atomic E-state index is 12.2. The van der Waals surface area contributed by atoms with E-state index in [0.717, 1.165) is 22.6 Å². The lowest BCUT2D eigenvalue weighted by molar-refractivity contribution is 0.0950. The molecule has 3 heterocycles. The van der Waals surface area contributed by atoms with Gasteiger partial charge in [0.15, 0.2) is 0 Å². The number of aromatic nitrogens is 3. The molecule has 0 unspecified atom stereocenters. The molecule has 0 aliphatic rings. The maximum absolute atomic E-state index is 12.2. The lowest BCUT2D eigenvalue weighted by Gasteiger charge is -2.03. The number of H-pyrrole nitrogens is 1. The van der Waals surface area contributed by atoms with Crippen LogP contribution in [0.15, 0.2) is 35.3 Å². The highest BCUT2D eigenvalue weighted by atomic mass is 16.2. The van der Waals surface area contributed by atoms with E-state index < -0.39 is 0 Å². The van der Waals surface area contributed by atoms with E-state index in [4.69, 9.17) is 0 Å². The van der Waals surface area contributed by atoms with E-state index in [0.29, 0.717) is 17.8 Å². The summed E-state index contributed by atoms with van der Waals surface area (Å²) >= 11 is 0. The van der Waals surface area contributed by atoms with Crippen molar-refractivity contribution in [3.63, 3.8) is 0 Å². The van der Waals surface area contributed by atoms with Gasteiger partial charge in [0, 0.05) is 29.2 Å². The third-order valence-corrected chi connectivity index (χ3v) is 3.63. The van der Waals surface area contributed by atoms with E-state index in [1.54, 1.807) is 13.0 Å². The number of rotatable bonds is 3. The number of aromatic amines is 1. The van der Waals surface area contributed by atoms with Gasteiger partial charge in [0.1, 0.15) is 5.65 Å². The number of fused-ring (bicyclic) bond motifs is 1. The molecule has 3 aromatic rings. The van der Waals surface area contributed by atoms with Crippen LogP contribution in [0.2, 0.25) is 0 Å². The van der Waals surface area contributed by atoms with E-state index >= 15 is 0 Å². The summed E-state index contributed by atoms with van der Waals surface area (Å²) in [6.07, 6.45) is 1.91. The molecule has 0 bridgehead atoms. The number of pyridine rings is 2. The molecule has 0 aromatic carbocycles. The molecule has 0 aliphatic carbocycles. The minimum Gasteiger partial charge on any atom is -0.346 e.